The van der Waals surface area contributed by atoms with Crippen molar-refractivity contribution in [1.29, 1.82) is 0 Å². The quantitative estimate of drug-likeness (QED) is 0.855. The van der Waals surface area contributed by atoms with Crippen LogP contribution in [0.2, 0.25) is 5.02 Å². The molecular formula is C19H22Cl2N2O2. The Bertz CT molecular complexity index is 707. The molecule has 0 radical (unpaired) electrons. The summed E-state index contributed by atoms with van der Waals surface area (Å²) in [6.45, 7) is 1.72. The van der Waals surface area contributed by atoms with E-state index in [4.69, 9.17) is 22.1 Å². The monoisotopic (exact) mass is 380 g/mol. The molecule has 1 saturated heterocycles. The van der Waals surface area contributed by atoms with E-state index in [0.29, 0.717) is 29.5 Å². The molecule has 0 saturated carbocycles. The SMILES string of the molecule is Cl.NCC1CCCN1C(=O)c1cccc(OCc2ccc(Cl)cc2)c1. The summed E-state index contributed by atoms with van der Waals surface area (Å²) >= 11 is 5.88. The average molecular weight is 381 g/mol. The Labute approximate surface area is 159 Å². The molecule has 1 aliphatic rings. The maximum absolute atomic E-state index is 12.7. The molecule has 1 amide bonds. The first kappa shape index (κ1) is 19.6. The van der Waals surface area contributed by atoms with Gasteiger partial charge in [0, 0.05) is 29.7 Å². The summed E-state index contributed by atoms with van der Waals surface area (Å²) in [7, 11) is 0. The molecule has 4 nitrogen and oxygen atoms in total. The maximum atomic E-state index is 12.7. The van der Waals surface area contributed by atoms with Crippen LogP contribution in [0.1, 0.15) is 28.8 Å². The van der Waals surface area contributed by atoms with Gasteiger partial charge >= 0.3 is 0 Å². The lowest BCUT2D eigenvalue weighted by atomic mass is 10.1. The summed E-state index contributed by atoms with van der Waals surface area (Å²) in [6.07, 6.45) is 2.00. The number of benzene rings is 2. The average Bonchev–Trinajstić information content (AvgIpc) is 3.09. The second kappa shape index (κ2) is 9.09. The third-order valence-electron chi connectivity index (χ3n) is 4.31. The number of likely N-dealkylation sites (tertiary alicyclic amines) is 1. The summed E-state index contributed by atoms with van der Waals surface area (Å²) in [6, 6.07) is 15.0. The number of hydrogen-bond donors (Lipinski definition) is 1. The van der Waals surface area contributed by atoms with E-state index >= 15 is 0 Å². The molecule has 0 spiro atoms. The molecule has 25 heavy (non-hydrogen) atoms. The number of amides is 1. The standard InChI is InChI=1S/C19H21ClN2O2.ClH/c20-16-8-6-14(7-9-16)13-24-18-5-1-3-15(11-18)19(23)22-10-2-4-17(22)12-21;/h1,3,5-9,11,17H,2,4,10,12-13,21H2;1H. The Morgan fingerprint density at radius 1 is 1.24 bits per heavy atom. The van der Waals surface area contributed by atoms with Crippen LogP contribution in [0.4, 0.5) is 0 Å². The van der Waals surface area contributed by atoms with Gasteiger partial charge in [-0.1, -0.05) is 29.8 Å². The normalized spacial score (nSPS) is 16.4. The molecule has 0 aliphatic carbocycles. The number of hydrogen-bond acceptors (Lipinski definition) is 3. The molecule has 1 fully saturated rings. The fourth-order valence-electron chi connectivity index (χ4n) is 2.98. The van der Waals surface area contributed by atoms with Gasteiger partial charge in [0.15, 0.2) is 0 Å². The summed E-state index contributed by atoms with van der Waals surface area (Å²) in [5, 5.41) is 0.700. The van der Waals surface area contributed by atoms with Crippen LogP contribution in [0.25, 0.3) is 0 Å². The molecule has 2 aromatic carbocycles. The van der Waals surface area contributed by atoms with Crippen molar-refractivity contribution in [2.75, 3.05) is 13.1 Å². The second-order valence-corrected chi connectivity index (χ2v) is 6.41. The number of nitrogens with zero attached hydrogens (tertiary/aromatic N) is 1. The summed E-state index contributed by atoms with van der Waals surface area (Å²) < 4.78 is 5.80. The first-order valence-corrected chi connectivity index (χ1v) is 8.53. The van der Waals surface area contributed by atoms with Crippen molar-refractivity contribution >= 4 is 29.9 Å². The van der Waals surface area contributed by atoms with Crippen LogP contribution in [-0.4, -0.2) is 29.9 Å². The van der Waals surface area contributed by atoms with Crippen molar-refractivity contribution in [2.45, 2.75) is 25.5 Å². The van der Waals surface area contributed by atoms with Crippen LogP contribution in [0.3, 0.4) is 0 Å². The zero-order chi connectivity index (χ0) is 16.9. The molecule has 2 N–H and O–H groups in total. The van der Waals surface area contributed by atoms with Gasteiger partial charge in [-0.3, -0.25) is 4.79 Å². The summed E-state index contributed by atoms with van der Waals surface area (Å²) in [4.78, 5) is 14.6. The Hall–Kier alpha value is -1.75. The Balaban J connectivity index is 0.00000225. The summed E-state index contributed by atoms with van der Waals surface area (Å²) in [5.74, 6) is 0.708. The van der Waals surface area contributed by atoms with Gasteiger partial charge in [0.25, 0.3) is 5.91 Å². The van der Waals surface area contributed by atoms with Gasteiger partial charge < -0.3 is 15.4 Å². The van der Waals surface area contributed by atoms with Crippen LogP contribution < -0.4 is 10.5 Å². The minimum atomic E-state index is 0. The van der Waals surface area contributed by atoms with E-state index in [2.05, 4.69) is 0 Å². The van der Waals surface area contributed by atoms with Gasteiger partial charge in [-0.05, 0) is 48.7 Å². The molecule has 2 aromatic rings. The van der Waals surface area contributed by atoms with E-state index in [9.17, 15) is 4.79 Å². The van der Waals surface area contributed by atoms with Crippen molar-refractivity contribution in [3.63, 3.8) is 0 Å². The molecule has 1 aliphatic heterocycles. The van der Waals surface area contributed by atoms with Crippen LogP contribution in [-0.2, 0) is 6.61 Å². The van der Waals surface area contributed by atoms with E-state index in [1.54, 1.807) is 6.07 Å². The summed E-state index contributed by atoms with van der Waals surface area (Å²) in [5.41, 5.74) is 7.43. The second-order valence-electron chi connectivity index (χ2n) is 5.97. The van der Waals surface area contributed by atoms with Gasteiger partial charge in [0.1, 0.15) is 12.4 Å². The predicted molar refractivity (Wildman–Crippen MR) is 103 cm³/mol. The Kier molecular flexibility index (Phi) is 7.12. The van der Waals surface area contributed by atoms with E-state index in [1.165, 1.54) is 0 Å². The maximum Gasteiger partial charge on any atom is 0.254 e. The molecule has 1 unspecified atom stereocenters. The van der Waals surface area contributed by atoms with E-state index < -0.39 is 0 Å². The van der Waals surface area contributed by atoms with Crippen molar-refractivity contribution in [3.8, 4) is 5.75 Å². The fourth-order valence-corrected chi connectivity index (χ4v) is 3.11. The van der Waals surface area contributed by atoms with Crippen molar-refractivity contribution in [3.05, 3.63) is 64.7 Å². The van der Waals surface area contributed by atoms with Crippen LogP contribution >= 0.6 is 24.0 Å². The molecular weight excluding hydrogens is 359 g/mol. The molecule has 0 bridgehead atoms. The smallest absolute Gasteiger partial charge is 0.254 e. The highest BCUT2D eigenvalue weighted by molar-refractivity contribution is 6.30. The topological polar surface area (TPSA) is 55.6 Å². The van der Waals surface area contributed by atoms with E-state index in [-0.39, 0.29) is 24.4 Å². The van der Waals surface area contributed by atoms with Crippen molar-refractivity contribution in [2.24, 2.45) is 5.73 Å². The fraction of sp³-hybridized carbons (Fsp3) is 0.316. The largest absolute Gasteiger partial charge is 0.489 e. The van der Waals surface area contributed by atoms with E-state index in [0.717, 1.165) is 24.9 Å². The van der Waals surface area contributed by atoms with Crippen LogP contribution in [0.15, 0.2) is 48.5 Å². The van der Waals surface area contributed by atoms with Gasteiger partial charge in [-0.25, -0.2) is 0 Å². The van der Waals surface area contributed by atoms with Crippen molar-refractivity contribution < 1.29 is 9.53 Å². The lowest BCUT2D eigenvalue weighted by Crippen LogP contribution is -2.39. The lowest BCUT2D eigenvalue weighted by Gasteiger charge is -2.23. The van der Waals surface area contributed by atoms with Gasteiger partial charge in [0.2, 0.25) is 0 Å². The highest BCUT2D eigenvalue weighted by Crippen LogP contribution is 2.22. The molecule has 0 aromatic heterocycles. The van der Waals surface area contributed by atoms with Crippen molar-refractivity contribution in [1.82, 2.24) is 4.90 Å². The third kappa shape index (κ3) is 4.88. The van der Waals surface area contributed by atoms with Gasteiger partial charge in [-0.2, -0.15) is 0 Å². The molecule has 1 heterocycles. The van der Waals surface area contributed by atoms with Gasteiger partial charge in [-0.15, -0.1) is 12.4 Å². The molecule has 3 rings (SSSR count). The lowest BCUT2D eigenvalue weighted by molar-refractivity contribution is 0.0740. The predicted octanol–water partition coefficient (Wildman–Crippen LogP) is 3.90. The molecule has 134 valence electrons. The highest BCUT2D eigenvalue weighted by atomic mass is 35.5. The zero-order valence-electron chi connectivity index (χ0n) is 13.9. The number of rotatable bonds is 5. The Morgan fingerprint density at radius 2 is 2.00 bits per heavy atom. The van der Waals surface area contributed by atoms with Crippen LogP contribution in [0, 0.1) is 0 Å². The first-order valence-electron chi connectivity index (χ1n) is 8.15. The number of carbonyl (C=O) groups excluding carboxylic acids is 1. The minimum absolute atomic E-state index is 0. The van der Waals surface area contributed by atoms with E-state index in [1.807, 2.05) is 47.4 Å². The zero-order valence-corrected chi connectivity index (χ0v) is 15.4. The first-order chi connectivity index (χ1) is 11.7. The van der Waals surface area contributed by atoms with Crippen LogP contribution in [0.5, 0.6) is 5.75 Å². The number of halogens is 2. The van der Waals surface area contributed by atoms with Gasteiger partial charge in [0.05, 0.1) is 0 Å². The highest BCUT2D eigenvalue weighted by Gasteiger charge is 2.28. The minimum Gasteiger partial charge on any atom is -0.489 e. The number of nitrogens with two attached hydrogens (primary N) is 1. The Morgan fingerprint density at radius 3 is 2.72 bits per heavy atom. The molecule has 1 atom stereocenters. The third-order valence-corrected chi connectivity index (χ3v) is 4.56. The molecule has 6 heteroatoms. The number of carbonyl (C=O) groups is 1. The number of ether oxygens (including phenoxy) is 1.